The summed E-state index contributed by atoms with van der Waals surface area (Å²) in [6.07, 6.45) is 1.92. The molecule has 0 saturated carbocycles. The Morgan fingerprint density at radius 2 is 1.92 bits per heavy atom. The zero-order valence-electron chi connectivity index (χ0n) is 7.01. The normalized spacial score (nSPS) is 16.4. The summed E-state index contributed by atoms with van der Waals surface area (Å²) in [6.45, 7) is 4.03. The molecule has 0 aromatic carbocycles. The number of hydrogen-bond acceptors (Lipinski definition) is 3. The summed E-state index contributed by atoms with van der Waals surface area (Å²) in [5.74, 6) is -0.481. The predicted octanol–water partition coefficient (Wildman–Crippen LogP) is -0.847. The Balaban J connectivity index is 0.000000252. The van der Waals surface area contributed by atoms with E-state index in [0.717, 1.165) is 16.8 Å². The molecule has 0 aromatic heterocycles. The molecule has 76 valence electrons. The molecule has 6 nitrogen and oxygen atoms in total. The van der Waals surface area contributed by atoms with Crippen LogP contribution in [-0.2, 0) is 15.1 Å². The number of primary amides is 1. The van der Waals surface area contributed by atoms with E-state index in [-0.39, 0.29) is 0 Å². The lowest BCUT2D eigenvalue weighted by molar-refractivity contribution is -0.113. The van der Waals surface area contributed by atoms with E-state index < -0.39 is 16.2 Å². The summed E-state index contributed by atoms with van der Waals surface area (Å²) >= 11 is 0. The second-order valence-corrected chi connectivity index (χ2v) is 3.75. The molecule has 1 rings (SSSR count). The fraction of sp³-hybridized carbons (Fsp3) is 0.500. The van der Waals surface area contributed by atoms with Crippen molar-refractivity contribution in [1.82, 2.24) is 4.31 Å². The zero-order chi connectivity index (χ0) is 10.5. The highest BCUT2D eigenvalue weighted by Gasteiger charge is 2.24. The number of rotatable bonds is 2. The lowest BCUT2D eigenvalue weighted by atomic mass is 10.3. The van der Waals surface area contributed by atoms with Crippen molar-refractivity contribution in [2.45, 2.75) is 6.42 Å². The quantitative estimate of drug-likeness (QED) is 0.456. The van der Waals surface area contributed by atoms with E-state index in [0.29, 0.717) is 13.1 Å². The van der Waals surface area contributed by atoms with Gasteiger partial charge in [0.25, 0.3) is 0 Å². The maximum atomic E-state index is 10.1. The highest BCUT2D eigenvalue weighted by molar-refractivity contribution is 7.83. The van der Waals surface area contributed by atoms with Crippen molar-refractivity contribution in [3.63, 3.8) is 0 Å². The third-order valence-corrected chi connectivity index (χ3v) is 2.36. The molecule has 13 heavy (non-hydrogen) atoms. The standard InChI is InChI=1S/C3H7NO3S.C3H5NO/c5-8(6,7)4-2-1-3-4;1-2-3(4)5/h1-3H2,(H,5,6,7);2H,1H2,(H2,4,5). The van der Waals surface area contributed by atoms with E-state index in [2.05, 4.69) is 12.3 Å². The summed E-state index contributed by atoms with van der Waals surface area (Å²) in [5.41, 5.74) is 4.53. The molecule has 0 bridgehead atoms. The van der Waals surface area contributed by atoms with Gasteiger partial charge in [0.1, 0.15) is 0 Å². The van der Waals surface area contributed by atoms with Crippen LogP contribution in [0.1, 0.15) is 6.42 Å². The molecule has 1 aliphatic heterocycles. The fourth-order valence-electron chi connectivity index (χ4n) is 0.518. The molecule has 1 heterocycles. The molecule has 0 radical (unpaired) electrons. The number of nitrogens with zero attached hydrogens (tertiary/aromatic N) is 1. The van der Waals surface area contributed by atoms with Crippen LogP contribution in [0.5, 0.6) is 0 Å². The predicted molar refractivity (Wildman–Crippen MR) is 47.1 cm³/mol. The van der Waals surface area contributed by atoms with Crippen LogP contribution in [0.15, 0.2) is 12.7 Å². The Bertz CT molecular complexity index is 281. The minimum Gasteiger partial charge on any atom is -0.366 e. The largest absolute Gasteiger partial charge is 0.366 e. The molecule has 0 aromatic rings. The van der Waals surface area contributed by atoms with Gasteiger partial charge in [-0.1, -0.05) is 6.58 Å². The topological polar surface area (TPSA) is 101 Å². The van der Waals surface area contributed by atoms with Gasteiger partial charge in [-0.15, -0.1) is 0 Å². The third kappa shape index (κ3) is 5.34. The number of carbonyl (C=O) groups is 1. The average molecular weight is 208 g/mol. The number of nitrogens with two attached hydrogens (primary N) is 1. The van der Waals surface area contributed by atoms with Gasteiger partial charge in [0.15, 0.2) is 0 Å². The minimum absolute atomic E-state index is 0.471. The summed E-state index contributed by atoms with van der Waals surface area (Å²) < 4.78 is 29.4. The maximum Gasteiger partial charge on any atom is 0.335 e. The maximum absolute atomic E-state index is 10.1. The van der Waals surface area contributed by atoms with Gasteiger partial charge in [0.2, 0.25) is 5.91 Å². The molecule has 1 fully saturated rings. The molecular weight excluding hydrogens is 196 g/mol. The van der Waals surface area contributed by atoms with Crippen molar-refractivity contribution in [1.29, 1.82) is 0 Å². The third-order valence-electron chi connectivity index (χ3n) is 1.34. The van der Waals surface area contributed by atoms with E-state index in [1.54, 1.807) is 0 Å². The zero-order valence-corrected chi connectivity index (χ0v) is 7.83. The summed E-state index contributed by atoms with van der Waals surface area (Å²) in [6, 6.07) is 0. The van der Waals surface area contributed by atoms with Crippen molar-refractivity contribution < 1.29 is 17.8 Å². The van der Waals surface area contributed by atoms with Crippen molar-refractivity contribution in [3.05, 3.63) is 12.7 Å². The van der Waals surface area contributed by atoms with Crippen LogP contribution in [0.2, 0.25) is 0 Å². The highest BCUT2D eigenvalue weighted by Crippen LogP contribution is 2.08. The lowest BCUT2D eigenvalue weighted by Crippen LogP contribution is -2.41. The second kappa shape index (κ2) is 4.95. The van der Waals surface area contributed by atoms with Crippen molar-refractivity contribution in [2.75, 3.05) is 13.1 Å². The van der Waals surface area contributed by atoms with Gasteiger partial charge in [0, 0.05) is 13.1 Å². The van der Waals surface area contributed by atoms with E-state index in [9.17, 15) is 13.2 Å². The van der Waals surface area contributed by atoms with Gasteiger partial charge in [-0.05, 0) is 12.5 Å². The van der Waals surface area contributed by atoms with Gasteiger partial charge >= 0.3 is 10.3 Å². The first-order valence-electron chi connectivity index (χ1n) is 3.52. The van der Waals surface area contributed by atoms with Gasteiger partial charge in [0.05, 0.1) is 0 Å². The summed E-state index contributed by atoms with van der Waals surface area (Å²) in [4.78, 5) is 9.47. The second-order valence-electron chi connectivity index (χ2n) is 2.34. The highest BCUT2D eigenvalue weighted by atomic mass is 32.2. The van der Waals surface area contributed by atoms with E-state index in [1.807, 2.05) is 0 Å². The molecule has 1 saturated heterocycles. The van der Waals surface area contributed by atoms with Crippen LogP contribution in [-0.4, -0.2) is 36.3 Å². The molecular formula is C6H12N2O4S. The van der Waals surface area contributed by atoms with Crippen LogP contribution in [0, 0.1) is 0 Å². The van der Waals surface area contributed by atoms with Gasteiger partial charge in [-0.3, -0.25) is 9.35 Å². The minimum atomic E-state index is -3.83. The Labute approximate surface area is 76.9 Å². The Kier molecular flexibility index (Phi) is 4.60. The molecule has 0 atom stereocenters. The van der Waals surface area contributed by atoms with Gasteiger partial charge in [-0.2, -0.15) is 12.7 Å². The van der Waals surface area contributed by atoms with E-state index in [1.165, 1.54) is 0 Å². The average Bonchev–Trinajstić information content (AvgIpc) is 1.80. The monoisotopic (exact) mass is 208 g/mol. The molecule has 7 heteroatoms. The number of carbonyl (C=O) groups excluding carboxylic acids is 1. The van der Waals surface area contributed by atoms with Crippen molar-refractivity contribution in [3.8, 4) is 0 Å². The van der Waals surface area contributed by atoms with Crippen molar-refractivity contribution >= 4 is 16.2 Å². The summed E-state index contributed by atoms with van der Waals surface area (Å²) in [5, 5.41) is 0. The Hall–Kier alpha value is -0.920. The van der Waals surface area contributed by atoms with Crippen molar-refractivity contribution in [2.24, 2.45) is 5.73 Å². The molecule has 1 amide bonds. The first-order chi connectivity index (χ1) is 5.88. The fourth-order valence-corrected chi connectivity index (χ4v) is 1.24. The first-order valence-corrected chi connectivity index (χ1v) is 4.92. The van der Waals surface area contributed by atoms with Crippen LogP contribution in [0.4, 0.5) is 0 Å². The van der Waals surface area contributed by atoms with E-state index >= 15 is 0 Å². The Morgan fingerprint density at radius 3 is 1.92 bits per heavy atom. The molecule has 0 spiro atoms. The van der Waals surface area contributed by atoms with E-state index in [4.69, 9.17) is 4.55 Å². The smallest absolute Gasteiger partial charge is 0.335 e. The molecule has 0 unspecified atom stereocenters. The number of amides is 1. The van der Waals surface area contributed by atoms with Crippen LogP contribution in [0.25, 0.3) is 0 Å². The number of hydrogen-bond donors (Lipinski definition) is 2. The lowest BCUT2D eigenvalue weighted by Gasteiger charge is -2.25. The van der Waals surface area contributed by atoms with Crippen LogP contribution >= 0.6 is 0 Å². The first kappa shape index (κ1) is 12.1. The Morgan fingerprint density at radius 1 is 1.54 bits per heavy atom. The van der Waals surface area contributed by atoms with Crippen LogP contribution < -0.4 is 5.73 Å². The molecule has 1 aliphatic rings. The summed E-state index contributed by atoms with van der Waals surface area (Å²) in [7, 11) is -3.83. The SMILES string of the molecule is C=CC(N)=O.O=S(=O)(O)N1CCC1. The van der Waals surface area contributed by atoms with Gasteiger partial charge in [-0.25, -0.2) is 0 Å². The molecule has 3 N–H and O–H groups in total. The van der Waals surface area contributed by atoms with Crippen LogP contribution in [0.3, 0.4) is 0 Å². The molecule has 0 aliphatic carbocycles. The van der Waals surface area contributed by atoms with Gasteiger partial charge < -0.3 is 5.73 Å².